The van der Waals surface area contributed by atoms with Crippen LogP contribution in [0.25, 0.3) is 6.20 Å². The van der Waals surface area contributed by atoms with Crippen molar-refractivity contribution >= 4 is 29.2 Å². The van der Waals surface area contributed by atoms with Gasteiger partial charge in [0.25, 0.3) is 0 Å². The predicted octanol–water partition coefficient (Wildman–Crippen LogP) is -0.0202. The molecule has 0 aromatic heterocycles. The van der Waals surface area contributed by atoms with E-state index in [1.54, 1.807) is 4.90 Å². The van der Waals surface area contributed by atoms with Crippen LogP contribution in [0.3, 0.4) is 0 Å². The molecule has 4 nitrogen and oxygen atoms in total. The molecule has 1 aliphatic rings. The van der Waals surface area contributed by atoms with Gasteiger partial charge in [-0.1, -0.05) is 18.2 Å². The maximum Gasteiger partial charge on any atom is 0.323 e. The van der Waals surface area contributed by atoms with Crippen LogP contribution < -0.4 is 10.6 Å². The van der Waals surface area contributed by atoms with E-state index < -0.39 is 5.97 Å². The molecule has 0 aliphatic carbocycles. The standard InChI is InChI=1S/C10H10N2O2.BrH/c13-10(14)6-12-5-8-3-1-2-4-9(8)11-7-12;/h1-5H,6-7H2,(H,13,14);1H. The summed E-state index contributed by atoms with van der Waals surface area (Å²) in [5.74, 6) is -0.837. The molecular formula is C10H11BrN2O2. The number of hydrogen-bond acceptors (Lipinski definition) is 3. The molecule has 2 rings (SSSR count). The highest BCUT2D eigenvalue weighted by atomic mass is 79.9. The fourth-order valence-corrected chi connectivity index (χ4v) is 1.41. The van der Waals surface area contributed by atoms with Crippen molar-refractivity contribution in [2.24, 2.45) is 4.99 Å². The van der Waals surface area contributed by atoms with Crippen molar-refractivity contribution in [2.75, 3.05) is 13.2 Å². The molecule has 1 aliphatic heterocycles. The van der Waals surface area contributed by atoms with Gasteiger partial charge < -0.3 is 10.0 Å². The normalized spacial score (nSPS) is 12.9. The van der Waals surface area contributed by atoms with Gasteiger partial charge in [-0.2, -0.15) is 0 Å². The van der Waals surface area contributed by atoms with Gasteiger partial charge >= 0.3 is 5.97 Å². The second kappa shape index (κ2) is 4.93. The van der Waals surface area contributed by atoms with Gasteiger partial charge in [-0.3, -0.25) is 9.79 Å². The van der Waals surface area contributed by atoms with Crippen LogP contribution in [0.15, 0.2) is 29.3 Å². The van der Waals surface area contributed by atoms with E-state index in [1.807, 2.05) is 30.5 Å². The van der Waals surface area contributed by atoms with Crippen LogP contribution in [-0.4, -0.2) is 29.2 Å². The molecular weight excluding hydrogens is 260 g/mol. The lowest BCUT2D eigenvalue weighted by molar-refractivity contribution is -0.137. The number of halogens is 1. The van der Waals surface area contributed by atoms with Gasteiger partial charge in [0.2, 0.25) is 0 Å². The van der Waals surface area contributed by atoms with Gasteiger partial charge in [-0.25, -0.2) is 0 Å². The Hall–Kier alpha value is -1.36. The average Bonchev–Trinajstić information content (AvgIpc) is 2.17. The van der Waals surface area contributed by atoms with Crippen molar-refractivity contribution in [1.29, 1.82) is 0 Å². The quantitative estimate of drug-likeness (QED) is 0.822. The third-order valence-corrected chi connectivity index (χ3v) is 2.02. The Bertz CT molecular complexity index is 473. The zero-order chi connectivity index (χ0) is 9.97. The van der Waals surface area contributed by atoms with Crippen molar-refractivity contribution in [3.05, 3.63) is 34.8 Å². The third-order valence-electron chi connectivity index (χ3n) is 2.02. The molecule has 0 saturated heterocycles. The fraction of sp³-hybridized carbons (Fsp3) is 0.200. The van der Waals surface area contributed by atoms with Crippen LogP contribution in [0, 0.1) is 0 Å². The summed E-state index contributed by atoms with van der Waals surface area (Å²) < 4.78 is 0. The SMILES string of the molecule is Br.O=C(O)CN1C=c2ccccc2=NC1. The van der Waals surface area contributed by atoms with E-state index in [4.69, 9.17) is 5.11 Å². The van der Waals surface area contributed by atoms with Crippen LogP contribution >= 0.6 is 17.0 Å². The highest BCUT2D eigenvalue weighted by molar-refractivity contribution is 8.93. The first kappa shape index (κ1) is 11.7. The highest BCUT2D eigenvalue weighted by Crippen LogP contribution is 1.92. The van der Waals surface area contributed by atoms with E-state index in [-0.39, 0.29) is 23.5 Å². The first-order chi connectivity index (χ1) is 6.75. The maximum absolute atomic E-state index is 10.5. The van der Waals surface area contributed by atoms with Gasteiger partial charge in [-0.15, -0.1) is 17.0 Å². The van der Waals surface area contributed by atoms with Crippen LogP contribution in [0.5, 0.6) is 0 Å². The summed E-state index contributed by atoms with van der Waals surface area (Å²) in [5, 5.41) is 10.5. The van der Waals surface area contributed by atoms with Crippen molar-refractivity contribution in [1.82, 2.24) is 4.90 Å². The van der Waals surface area contributed by atoms with E-state index in [1.165, 1.54) is 0 Å². The molecule has 15 heavy (non-hydrogen) atoms. The molecule has 0 fully saturated rings. The third kappa shape index (κ3) is 2.79. The lowest BCUT2D eigenvalue weighted by Gasteiger charge is -2.17. The predicted molar refractivity (Wildman–Crippen MR) is 61.2 cm³/mol. The lowest BCUT2D eigenvalue weighted by Crippen LogP contribution is -2.37. The highest BCUT2D eigenvalue weighted by Gasteiger charge is 2.06. The zero-order valence-electron chi connectivity index (χ0n) is 7.96. The smallest absolute Gasteiger partial charge is 0.323 e. The minimum atomic E-state index is -0.837. The summed E-state index contributed by atoms with van der Waals surface area (Å²) in [6.45, 7) is 0.418. The fourth-order valence-electron chi connectivity index (χ4n) is 1.41. The Labute approximate surface area is 97.3 Å². The number of nitrogens with zero attached hydrogens (tertiary/aromatic N) is 2. The minimum absolute atomic E-state index is 0. The molecule has 0 bridgehead atoms. The Morgan fingerprint density at radius 1 is 1.47 bits per heavy atom. The van der Waals surface area contributed by atoms with E-state index >= 15 is 0 Å². The molecule has 0 spiro atoms. The second-order valence-electron chi connectivity index (χ2n) is 3.13. The van der Waals surface area contributed by atoms with Crippen LogP contribution in [-0.2, 0) is 4.79 Å². The zero-order valence-corrected chi connectivity index (χ0v) is 9.67. The Morgan fingerprint density at radius 3 is 2.93 bits per heavy atom. The molecule has 1 heterocycles. The lowest BCUT2D eigenvalue weighted by atomic mass is 10.3. The Balaban J connectivity index is 0.00000112. The number of fused-ring (bicyclic) bond motifs is 1. The van der Waals surface area contributed by atoms with Crippen LogP contribution in [0.4, 0.5) is 0 Å². The first-order valence-electron chi connectivity index (χ1n) is 4.33. The van der Waals surface area contributed by atoms with Gasteiger partial charge in [0.15, 0.2) is 0 Å². The van der Waals surface area contributed by atoms with Gasteiger partial charge in [-0.05, 0) is 6.07 Å². The average molecular weight is 271 g/mol. The van der Waals surface area contributed by atoms with Crippen molar-refractivity contribution < 1.29 is 9.90 Å². The second-order valence-corrected chi connectivity index (χ2v) is 3.13. The molecule has 0 saturated carbocycles. The molecule has 1 aromatic carbocycles. The number of carbonyl (C=O) groups is 1. The molecule has 1 aromatic rings. The van der Waals surface area contributed by atoms with Crippen molar-refractivity contribution in [3.63, 3.8) is 0 Å². The number of benzene rings is 1. The van der Waals surface area contributed by atoms with Crippen molar-refractivity contribution in [3.8, 4) is 0 Å². The Morgan fingerprint density at radius 2 is 2.20 bits per heavy atom. The number of aliphatic carboxylic acids is 1. The summed E-state index contributed by atoms with van der Waals surface area (Å²) in [5.41, 5.74) is 0. The summed E-state index contributed by atoms with van der Waals surface area (Å²) in [6, 6.07) is 7.68. The maximum atomic E-state index is 10.5. The number of rotatable bonds is 2. The monoisotopic (exact) mass is 270 g/mol. The number of para-hydroxylation sites is 1. The summed E-state index contributed by atoms with van der Waals surface area (Å²) >= 11 is 0. The first-order valence-corrected chi connectivity index (χ1v) is 4.33. The molecule has 80 valence electrons. The van der Waals surface area contributed by atoms with Crippen LogP contribution in [0.1, 0.15) is 0 Å². The molecule has 0 amide bonds. The van der Waals surface area contributed by atoms with E-state index in [2.05, 4.69) is 4.99 Å². The molecule has 0 radical (unpaired) electrons. The minimum Gasteiger partial charge on any atom is -0.480 e. The molecule has 0 unspecified atom stereocenters. The summed E-state index contributed by atoms with van der Waals surface area (Å²) in [6.07, 6.45) is 1.83. The molecule has 1 N–H and O–H groups in total. The van der Waals surface area contributed by atoms with E-state index in [9.17, 15) is 4.79 Å². The number of carboxylic acid groups (broad SMARTS) is 1. The van der Waals surface area contributed by atoms with E-state index in [0.717, 1.165) is 10.6 Å². The molecule has 5 heteroatoms. The van der Waals surface area contributed by atoms with Crippen molar-refractivity contribution in [2.45, 2.75) is 0 Å². The van der Waals surface area contributed by atoms with Crippen LogP contribution in [0.2, 0.25) is 0 Å². The number of hydrogen-bond donors (Lipinski definition) is 1. The summed E-state index contributed by atoms with van der Waals surface area (Å²) in [4.78, 5) is 16.4. The van der Waals surface area contributed by atoms with Gasteiger partial charge in [0.05, 0.1) is 5.36 Å². The largest absolute Gasteiger partial charge is 0.480 e. The topological polar surface area (TPSA) is 52.9 Å². The Kier molecular flexibility index (Phi) is 3.85. The van der Waals surface area contributed by atoms with E-state index in [0.29, 0.717) is 6.67 Å². The summed E-state index contributed by atoms with van der Waals surface area (Å²) in [7, 11) is 0. The number of carboxylic acids is 1. The molecule has 0 atom stereocenters. The van der Waals surface area contributed by atoms with Gasteiger partial charge in [0.1, 0.15) is 13.2 Å². The van der Waals surface area contributed by atoms with Gasteiger partial charge in [0, 0.05) is 11.4 Å².